The summed E-state index contributed by atoms with van der Waals surface area (Å²) in [5.41, 5.74) is 1.55. The third-order valence-electron chi connectivity index (χ3n) is 7.47. The molecule has 0 spiro atoms. The Kier molecular flexibility index (Phi) is 8.76. The Bertz CT molecular complexity index is 910. The normalized spacial score (nSPS) is 24.6. The van der Waals surface area contributed by atoms with Gasteiger partial charge < -0.3 is 19.3 Å². The largest absolute Gasteiger partial charge is 0.498 e. The van der Waals surface area contributed by atoms with Crippen molar-refractivity contribution in [2.75, 3.05) is 45.3 Å². The maximum atomic E-state index is 14.5. The maximum Gasteiger partial charge on any atom is 0.226 e. The zero-order chi connectivity index (χ0) is 24.8. The van der Waals surface area contributed by atoms with Crippen LogP contribution < -0.4 is 4.90 Å². The Morgan fingerprint density at radius 3 is 2.60 bits per heavy atom. The van der Waals surface area contributed by atoms with E-state index in [1.165, 1.54) is 24.2 Å². The summed E-state index contributed by atoms with van der Waals surface area (Å²) in [5, 5.41) is 0. The first-order valence-electron chi connectivity index (χ1n) is 12.9. The fraction of sp³-hybridized carbons (Fsp3) is 0.667. The van der Waals surface area contributed by atoms with Gasteiger partial charge in [0.2, 0.25) is 11.9 Å². The van der Waals surface area contributed by atoms with Crippen LogP contribution in [0.2, 0.25) is 0 Å². The van der Waals surface area contributed by atoms with Gasteiger partial charge in [0.15, 0.2) is 0 Å². The number of aromatic nitrogens is 2. The fourth-order valence-electron chi connectivity index (χ4n) is 5.14. The molecule has 3 atom stereocenters. The first-order valence-corrected chi connectivity index (χ1v) is 12.9. The smallest absolute Gasteiger partial charge is 0.226 e. The molecule has 1 aromatic rings. The van der Waals surface area contributed by atoms with Gasteiger partial charge in [-0.15, -0.1) is 0 Å². The molecule has 1 aromatic heterocycles. The van der Waals surface area contributed by atoms with Gasteiger partial charge in [0.25, 0.3) is 0 Å². The predicted molar refractivity (Wildman–Crippen MR) is 133 cm³/mol. The van der Waals surface area contributed by atoms with Crippen LogP contribution in [-0.2, 0) is 20.9 Å². The summed E-state index contributed by atoms with van der Waals surface area (Å²) < 4.78 is 25.8. The molecule has 3 aliphatic rings. The SMILES string of the molecule is CCOCc1cnc(N2CCC([C@H]3C[C@H]3CCOC3=CC=C(CC(=O)N(C)C)C(F)C3)CC2)nc1. The summed E-state index contributed by atoms with van der Waals surface area (Å²) in [4.78, 5) is 24.7. The van der Waals surface area contributed by atoms with Crippen LogP contribution in [0.5, 0.6) is 0 Å². The molecular weight excluding hydrogens is 447 g/mol. The quantitative estimate of drug-likeness (QED) is 0.465. The summed E-state index contributed by atoms with van der Waals surface area (Å²) >= 11 is 0. The molecule has 35 heavy (non-hydrogen) atoms. The van der Waals surface area contributed by atoms with Gasteiger partial charge in [-0.3, -0.25) is 4.79 Å². The van der Waals surface area contributed by atoms with E-state index in [0.29, 0.717) is 31.2 Å². The second kappa shape index (κ2) is 12.0. The molecule has 7 nitrogen and oxygen atoms in total. The van der Waals surface area contributed by atoms with Gasteiger partial charge in [-0.05, 0) is 62.0 Å². The van der Waals surface area contributed by atoms with Crippen LogP contribution in [0.1, 0.15) is 51.0 Å². The summed E-state index contributed by atoms with van der Waals surface area (Å²) in [6.07, 6.45) is 11.2. The van der Waals surface area contributed by atoms with Crippen LogP contribution in [0, 0.1) is 17.8 Å². The van der Waals surface area contributed by atoms with E-state index in [0.717, 1.165) is 48.8 Å². The third kappa shape index (κ3) is 7.03. The van der Waals surface area contributed by atoms with E-state index in [4.69, 9.17) is 9.47 Å². The van der Waals surface area contributed by atoms with Gasteiger partial charge in [0.1, 0.15) is 6.17 Å². The monoisotopic (exact) mass is 486 g/mol. The molecule has 1 saturated heterocycles. The minimum absolute atomic E-state index is 0.0785. The molecule has 2 fully saturated rings. The number of piperidine rings is 1. The minimum atomic E-state index is -1.14. The summed E-state index contributed by atoms with van der Waals surface area (Å²) in [6, 6.07) is 0. The van der Waals surface area contributed by atoms with Crippen LogP contribution in [0.4, 0.5) is 10.3 Å². The number of nitrogens with zero attached hydrogens (tertiary/aromatic N) is 4. The first kappa shape index (κ1) is 25.6. The standard InChI is InChI=1S/C27H39FN4O3/c1-4-34-18-19-16-29-27(30-17-19)32-10-7-20(8-11-32)24-13-21(24)9-12-35-23-6-5-22(25(28)15-23)14-26(33)31(2)3/h5-6,16-17,20-21,24-25H,4,7-15,18H2,1-3H3/t21-,24-,25?/m1/s1. The molecule has 0 radical (unpaired) electrons. The summed E-state index contributed by atoms with van der Waals surface area (Å²) in [6.45, 7) is 5.89. The number of ether oxygens (including phenoxy) is 2. The van der Waals surface area contributed by atoms with E-state index in [9.17, 15) is 9.18 Å². The highest BCUT2D eigenvalue weighted by Crippen LogP contribution is 2.50. The van der Waals surface area contributed by atoms with E-state index in [2.05, 4.69) is 14.9 Å². The van der Waals surface area contributed by atoms with E-state index in [1.807, 2.05) is 25.4 Å². The van der Waals surface area contributed by atoms with Gasteiger partial charge in [-0.2, -0.15) is 0 Å². The molecule has 4 rings (SSSR count). The Labute approximate surface area is 208 Å². The molecule has 2 heterocycles. The average Bonchev–Trinajstić information content (AvgIpc) is 3.64. The van der Waals surface area contributed by atoms with Crippen molar-refractivity contribution >= 4 is 11.9 Å². The number of hydrogen-bond acceptors (Lipinski definition) is 6. The molecule has 1 unspecified atom stereocenters. The second-order valence-electron chi connectivity index (χ2n) is 10.2. The number of rotatable bonds is 11. The lowest BCUT2D eigenvalue weighted by molar-refractivity contribution is -0.128. The van der Waals surface area contributed by atoms with Crippen LogP contribution in [0.3, 0.4) is 0 Å². The zero-order valence-corrected chi connectivity index (χ0v) is 21.3. The number of amides is 1. The molecule has 1 aliphatic heterocycles. The van der Waals surface area contributed by atoms with Crippen molar-refractivity contribution in [1.82, 2.24) is 14.9 Å². The second-order valence-corrected chi connectivity index (χ2v) is 10.2. The molecular formula is C27H39FN4O3. The lowest BCUT2D eigenvalue weighted by Gasteiger charge is -2.32. The lowest BCUT2D eigenvalue weighted by Crippen LogP contribution is -2.35. The van der Waals surface area contributed by atoms with E-state index >= 15 is 0 Å². The number of alkyl halides is 1. The predicted octanol–water partition coefficient (Wildman–Crippen LogP) is 4.30. The van der Waals surface area contributed by atoms with Crippen LogP contribution in [0.25, 0.3) is 0 Å². The van der Waals surface area contributed by atoms with Crippen molar-refractivity contribution in [2.24, 2.45) is 17.8 Å². The van der Waals surface area contributed by atoms with E-state index in [1.54, 1.807) is 20.2 Å². The lowest BCUT2D eigenvalue weighted by atomic mass is 9.90. The van der Waals surface area contributed by atoms with Crippen molar-refractivity contribution in [2.45, 2.75) is 58.2 Å². The van der Waals surface area contributed by atoms with Crippen LogP contribution in [0.15, 0.2) is 35.9 Å². The highest BCUT2D eigenvalue weighted by molar-refractivity contribution is 5.78. The number of hydrogen-bond donors (Lipinski definition) is 0. The third-order valence-corrected chi connectivity index (χ3v) is 7.47. The average molecular weight is 487 g/mol. The van der Waals surface area contributed by atoms with Crippen LogP contribution >= 0.6 is 0 Å². The molecule has 0 bridgehead atoms. The number of carbonyl (C=O) groups excluding carboxylic acids is 1. The Balaban J connectivity index is 1.14. The molecule has 192 valence electrons. The fourth-order valence-corrected chi connectivity index (χ4v) is 5.14. The molecule has 0 aromatic carbocycles. The summed E-state index contributed by atoms with van der Waals surface area (Å²) in [5.74, 6) is 3.70. The van der Waals surface area contributed by atoms with Crippen molar-refractivity contribution in [3.05, 3.63) is 41.4 Å². The maximum absolute atomic E-state index is 14.5. The highest BCUT2D eigenvalue weighted by atomic mass is 19.1. The molecule has 0 N–H and O–H groups in total. The van der Waals surface area contributed by atoms with Gasteiger partial charge in [0, 0.05) is 58.2 Å². The van der Waals surface area contributed by atoms with E-state index in [-0.39, 0.29) is 18.7 Å². The number of allylic oxidation sites excluding steroid dienone is 3. The van der Waals surface area contributed by atoms with Gasteiger partial charge in [-0.1, -0.05) is 6.08 Å². The van der Waals surface area contributed by atoms with Crippen molar-refractivity contribution in [3.8, 4) is 0 Å². The first-order chi connectivity index (χ1) is 16.9. The molecule has 1 amide bonds. The van der Waals surface area contributed by atoms with Crippen LogP contribution in [-0.4, -0.2) is 67.3 Å². The number of carbonyl (C=O) groups is 1. The molecule has 8 heteroatoms. The Morgan fingerprint density at radius 2 is 1.94 bits per heavy atom. The van der Waals surface area contributed by atoms with Crippen molar-refractivity contribution in [3.63, 3.8) is 0 Å². The summed E-state index contributed by atoms with van der Waals surface area (Å²) in [7, 11) is 3.38. The van der Waals surface area contributed by atoms with E-state index < -0.39 is 6.17 Å². The number of halogens is 1. The molecule has 2 aliphatic carbocycles. The molecule has 1 saturated carbocycles. The van der Waals surface area contributed by atoms with Crippen molar-refractivity contribution < 1.29 is 18.7 Å². The zero-order valence-electron chi connectivity index (χ0n) is 21.3. The van der Waals surface area contributed by atoms with Crippen molar-refractivity contribution in [1.29, 1.82) is 0 Å². The topological polar surface area (TPSA) is 67.8 Å². The minimum Gasteiger partial charge on any atom is -0.498 e. The Hall–Kier alpha value is -2.48. The highest BCUT2D eigenvalue weighted by Gasteiger charge is 2.43. The van der Waals surface area contributed by atoms with Gasteiger partial charge in [-0.25, -0.2) is 14.4 Å². The van der Waals surface area contributed by atoms with Gasteiger partial charge in [0.05, 0.1) is 25.4 Å². The van der Waals surface area contributed by atoms with Gasteiger partial charge >= 0.3 is 0 Å². The Morgan fingerprint density at radius 1 is 1.20 bits per heavy atom. The number of anilines is 1.